The summed E-state index contributed by atoms with van der Waals surface area (Å²) in [4.78, 5) is 26.5. The zero-order chi connectivity index (χ0) is 21.1. The van der Waals surface area contributed by atoms with E-state index in [0.29, 0.717) is 49.8 Å². The lowest BCUT2D eigenvalue weighted by Gasteiger charge is -2.26. The maximum absolute atomic E-state index is 13.5. The van der Waals surface area contributed by atoms with E-state index in [1.54, 1.807) is 12.0 Å². The zero-order valence-corrected chi connectivity index (χ0v) is 17.6. The SMILES string of the molecule is COc1ccc([C@@H]2CC(=O)N(CC(=O)NC3CCCC(F)C3)C2)cc1OCC1CC1. The van der Waals surface area contributed by atoms with Gasteiger partial charge in [-0.25, -0.2) is 4.39 Å². The van der Waals surface area contributed by atoms with Crippen LogP contribution in [0.5, 0.6) is 11.5 Å². The van der Waals surface area contributed by atoms with Crippen molar-refractivity contribution >= 4 is 11.8 Å². The number of carbonyl (C=O) groups excluding carboxylic acids is 2. The number of ether oxygens (including phenoxy) is 2. The molecule has 0 radical (unpaired) electrons. The number of halogens is 1. The highest BCUT2D eigenvalue weighted by molar-refractivity contribution is 5.86. The van der Waals surface area contributed by atoms with E-state index in [1.807, 2.05) is 18.2 Å². The lowest BCUT2D eigenvalue weighted by Crippen LogP contribution is -2.44. The number of nitrogens with zero attached hydrogens (tertiary/aromatic N) is 1. The van der Waals surface area contributed by atoms with Crippen molar-refractivity contribution in [2.75, 3.05) is 26.8 Å². The number of hydrogen-bond acceptors (Lipinski definition) is 4. The third-order valence-corrected chi connectivity index (χ3v) is 6.35. The molecule has 1 aromatic rings. The van der Waals surface area contributed by atoms with E-state index in [0.717, 1.165) is 18.4 Å². The van der Waals surface area contributed by atoms with Gasteiger partial charge in [-0.3, -0.25) is 9.59 Å². The van der Waals surface area contributed by atoms with Crippen molar-refractivity contribution in [1.82, 2.24) is 10.2 Å². The largest absolute Gasteiger partial charge is 0.493 e. The van der Waals surface area contributed by atoms with Gasteiger partial charge in [-0.2, -0.15) is 0 Å². The first-order chi connectivity index (χ1) is 14.5. The number of methoxy groups -OCH3 is 1. The number of alkyl halides is 1. The topological polar surface area (TPSA) is 67.9 Å². The number of likely N-dealkylation sites (tertiary alicyclic amines) is 1. The Labute approximate surface area is 177 Å². The van der Waals surface area contributed by atoms with Crippen LogP contribution in [0.3, 0.4) is 0 Å². The molecule has 1 heterocycles. The van der Waals surface area contributed by atoms with Gasteiger partial charge >= 0.3 is 0 Å². The van der Waals surface area contributed by atoms with Gasteiger partial charge in [-0.05, 0) is 62.1 Å². The highest BCUT2D eigenvalue weighted by Crippen LogP contribution is 2.37. The molecule has 0 aromatic heterocycles. The first-order valence-electron chi connectivity index (χ1n) is 11.0. The van der Waals surface area contributed by atoms with E-state index in [1.165, 1.54) is 12.8 Å². The molecule has 6 nitrogen and oxygen atoms in total. The van der Waals surface area contributed by atoms with Crippen LogP contribution in [0.2, 0.25) is 0 Å². The van der Waals surface area contributed by atoms with Gasteiger partial charge in [0, 0.05) is 24.9 Å². The normalized spacial score (nSPS) is 26.5. The Morgan fingerprint density at radius 3 is 2.80 bits per heavy atom. The summed E-state index contributed by atoms with van der Waals surface area (Å²) in [5, 5.41) is 2.90. The molecular weight excluding hydrogens is 387 g/mol. The molecule has 2 amide bonds. The summed E-state index contributed by atoms with van der Waals surface area (Å²) in [6.45, 7) is 1.22. The molecule has 2 unspecified atom stereocenters. The molecule has 3 atom stereocenters. The van der Waals surface area contributed by atoms with Crippen molar-refractivity contribution in [3.05, 3.63) is 23.8 Å². The van der Waals surface area contributed by atoms with E-state index in [4.69, 9.17) is 9.47 Å². The molecule has 1 aromatic carbocycles. The number of nitrogens with one attached hydrogen (secondary N) is 1. The summed E-state index contributed by atoms with van der Waals surface area (Å²) in [6.07, 6.45) is 4.50. The second-order valence-corrected chi connectivity index (χ2v) is 8.87. The van der Waals surface area contributed by atoms with Crippen LogP contribution in [0.25, 0.3) is 0 Å². The van der Waals surface area contributed by atoms with Gasteiger partial charge in [0.15, 0.2) is 11.5 Å². The molecule has 1 aliphatic heterocycles. The molecule has 1 N–H and O–H groups in total. The summed E-state index contributed by atoms with van der Waals surface area (Å²) in [5.74, 6) is 1.83. The zero-order valence-electron chi connectivity index (χ0n) is 17.6. The number of carbonyl (C=O) groups is 2. The van der Waals surface area contributed by atoms with E-state index in [9.17, 15) is 14.0 Å². The molecule has 3 fully saturated rings. The van der Waals surface area contributed by atoms with Gasteiger partial charge in [0.1, 0.15) is 6.17 Å². The minimum absolute atomic E-state index is 0.0179. The van der Waals surface area contributed by atoms with Crippen LogP contribution in [-0.2, 0) is 9.59 Å². The van der Waals surface area contributed by atoms with Crippen molar-refractivity contribution in [3.8, 4) is 11.5 Å². The fourth-order valence-corrected chi connectivity index (χ4v) is 4.41. The Morgan fingerprint density at radius 2 is 2.07 bits per heavy atom. The predicted octanol–water partition coefficient (Wildman–Crippen LogP) is 3.20. The minimum atomic E-state index is -0.840. The first kappa shape index (κ1) is 20.9. The summed E-state index contributed by atoms with van der Waals surface area (Å²) in [7, 11) is 1.62. The summed E-state index contributed by atoms with van der Waals surface area (Å²) in [6, 6.07) is 5.69. The minimum Gasteiger partial charge on any atom is -0.493 e. The van der Waals surface area contributed by atoms with E-state index in [2.05, 4.69) is 5.32 Å². The Morgan fingerprint density at radius 1 is 1.23 bits per heavy atom. The molecule has 30 heavy (non-hydrogen) atoms. The fourth-order valence-electron chi connectivity index (χ4n) is 4.41. The lowest BCUT2D eigenvalue weighted by molar-refractivity contribution is -0.133. The number of hydrogen-bond donors (Lipinski definition) is 1. The number of rotatable bonds is 8. The van der Waals surface area contributed by atoms with Gasteiger partial charge in [0.2, 0.25) is 11.8 Å². The second kappa shape index (κ2) is 9.23. The number of benzene rings is 1. The standard InChI is InChI=1S/C23H31FN2O4/c1-29-20-8-7-16(9-21(20)30-14-15-5-6-15)17-10-23(28)26(12-17)13-22(27)25-19-4-2-3-18(24)11-19/h7-9,15,17-19H,2-6,10-14H2,1H3,(H,25,27)/t17-,18?,19?/m1/s1. The van der Waals surface area contributed by atoms with Gasteiger partial charge in [0.25, 0.3) is 0 Å². The average Bonchev–Trinajstić information content (AvgIpc) is 3.48. The highest BCUT2D eigenvalue weighted by atomic mass is 19.1. The first-order valence-corrected chi connectivity index (χ1v) is 11.0. The molecule has 2 saturated carbocycles. The van der Waals surface area contributed by atoms with Gasteiger partial charge in [-0.1, -0.05) is 6.07 Å². The molecule has 2 aliphatic carbocycles. The predicted molar refractivity (Wildman–Crippen MR) is 110 cm³/mol. The van der Waals surface area contributed by atoms with Crippen LogP contribution in [0.4, 0.5) is 4.39 Å². The summed E-state index contributed by atoms with van der Waals surface area (Å²) in [5.41, 5.74) is 1.02. The molecule has 3 aliphatic rings. The van der Waals surface area contributed by atoms with Crippen molar-refractivity contribution < 1.29 is 23.5 Å². The Hall–Kier alpha value is -2.31. The van der Waals surface area contributed by atoms with Gasteiger partial charge in [0.05, 0.1) is 20.3 Å². The quantitative estimate of drug-likeness (QED) is 0.704. The molecule has 164 valence electrons. The van der Waals surface area contributed by atoms with E-state index < -0.39 is 6.17 Å². The van der Waals surface area contributed by atoms with Gasteiger partial charge < -0.3 is 19.7 Å². The van der Waals surface area contributed by atoms with Gasteiger partial charge in [-0.15, -0.1) is 0 Å². The lowest BCUT2D eigenvalue weighted by atomic mass is 9.94. The molecule has 7 heteroatoms. The van der Waals surface area contributed by atoms with Crippen LogP contribution < -0.4 is 14.8 Å². The van der Waals surface area contributed by atoms with Crippen LogP contribution >= 0.6 is 0 Å². The summed E-state index contributed by atoms with van der Waals surface area (Å²) < 4.78 is 24.9. The third kappa shape index (κ3) is 5.24. The molecular formula is C23H31FN2O4. The van der Waals surface area contributed by atoms with E-state index in [-0.39, 0.29) is 30.3 Å². The Bertz CT molecular complexity index is 782. The average molecular weight is 419 g/mol. The maximum Gasteiger partial charge on any atom is 0.239 e. The Kier molecular flexibility index (Phi) is 6.44. The molecule has 1 saturated heterocycles. The Balaban J connectivity index is 1.34. The molecule has 4 rings (SSSR count). The van der Waals surface area contributed by atoms with Crippen LogP contribution in [0, 0.1) is 5.92 Å². The second-order valence-electron chi connectivity index (χ2n) is 8.87. The van der Waals surface area contributed by atoms with E-state index >= 15 is 0 Å². The monoisotopic (exact) mass is 418 g/mol. The highest BCUT2D eigenvalue weighted by Gasteiger charge is 2.33. The number of amides is 2. The van der Waals surface area contributed by atoms with Crippen molar-refractivity contribution in [1.29, 1.82) is 0 Å². The van der Waals surface area contributed by atoms with Crippen molar-refractivity contribution in [2.45, 2.75) is 63.1 Å². The molecule has 0 bridgehead atoms. The maximum atomic E-state index is 13.5. The fraction of sp³-hybridized carbons (Fsp3) is 0.652. The van der Waals surface area contributed by atoms with Crippen LogP contribution in [0.15, 0.2) is 18.2 Å². The smallest absolute Gasteiger partial charge is 0.239 e. The van der Waals surface area contributed by atoms with Crippen molar-refractivity contribution in [2.24, 2.45) is 5.92 Å². The molecule has 0 spiro atoms. The third-order valence-electron chi connectivity index (χ3n) is 6.35. The summed E-state index contributed by atoms with van der Waals surface area (Å²) >= 11 is 0. The van der Waals surface area contributed by atoms with Crippen LogP contribution in [-0.4, -0.2) is 55.7 Å². The van der Waals surface area contributed by atoms with Crippen molar-refractivity contribution in [3.63, 3.8) is 0 Å². The van der Waals surface area contributed by atoms with Crippen LogP contribution in [0.1, 0.15) is 56.4 Å².